The summed E-state index contributed by atoms with van der Waals surface area (Å²) < 4.78 is 4.95. The number of nitrogens with zero attached hydrogens (tertiary/aromatic N) is 2. The molecule has 0 aliphatic carbocycles. The third-order valence-electron chi connectivity index (χ3n) is 1.87. The molecular formula is C9H16N4O2. The van der Waals surface area contributed by atoms with Gasteiger partial charge in [-0.25, -0.2) is 4.98 Å². The molecule has 0 saturated carbocycles. The maximum atomic E-state index is 11.3. The molecule has 1 aromatic heterocycles. The predicted octanol–water partition coefficient (Wildman–Crippen LogP) is -0.248. The average Bonchev–Trinajstić information content (AvgIpc) is 2.17. The normalized spacial score (nSPS) is 10.4. The molecule has 0 aliphatic rings. The molecule has 6 heteroatoms. The highest BCUT2D eigenvalue weighted by Gasteiger charge is 2.07. The van der Waals surface area contributed by atoms with Gasteiger partial charge in [0.1, 0.15) is 0 Å². The van der Waals surface area contributed by atoms with Crippen LogP contribution in [0.15, 0.2) is 11.1 Å². The summed E-state index contributed by atoms with van der Waals surface area (Å²) in [6.45, 7) is 1.57. The number of aromatic nitrogens is 2. The standard InChI is InChI=1S/C9H16N4O2/c1-13(2)5-4-10-8-7(15-3)9(14)12-6-11-8/h6H,4-5H2,1-3H3,(H2,10,11,12,14). The van der Waals surface area contributed by atoms with Gasteiger partial charge in [0, 0.05) is 13.1 Å². The van der Waals surface area contributed by atoms with Crippen molar-refractivity contribution in [1.29, 1.82) is 0 Å². The number of nitrogens with one attached hydrogen (secondary N) is 2. The Bertz CT molecular complexity index is 361. The van der Waals surface area contributed by atoms with E-state index in [1.54, 1.807) is 0 Å². The van der Waals surface area contributed by atoms with E-state index in [0.717, 1.165) is 6.54 Å². The molecule has 6 nitrogen and oxygen atoms in total. The molecule has 84 valence electrons. The van der Waals surface area contributed by atoms with Gasteiger partial charge in [0.2, 0.25) is 5.75 Å². The fourth-order valence-electron chi connectivity index (χ4n) is 1.10. The zero-order chi connectivity index (χ0) is 11.3. The van der Waals surface area contributed by atoms with Crippen LogP contribution in [0.25, 0.3) is 0 Å². The van der Waals surface area contributed by atoms with Crippen molar-refractivity contribution in [2.75, 3.05) is 39.6 Å². The van der Waals surface area contributed by atoms with Crippen LogP contribution < -0.4 is 15.6 Å². The van der Waals surface area contributed by atoms with Gasteiger partial charge in [0.15, 0.2) is 5.82 Å². The number of likely N-dealkylation sites (N-methyl/N-ethyl adjacent to an activating group) is 1. The molecule has 0 aromatic carbocycles. The van der Waals surface area contributed by atoms with Crippen molar-refractivity contribution in [2.45, 2.75) is 0 Å². The first-order valence-electron chi connectivity index (χ1n) is 4.65. The summed E-state index contributed by atoms with van der Waals surface area (Å²) in [6.07, 6.45) is 1.35. The molecule has 0 unspecified atom stereocenters. The molecule has 1 heterocycles. The maximum Gasteiger partial charge on any atom is 0.295 e. The predicted molar refractivity (Wildman–Crippen MR) is 58.5 cm³/mol. The van der Waals surface area contributed by atoms with Crippen molar-refractivity contribution in [1.82, 2.24) is 14.9 Å². The third-order valence-corrected chi connectivity index (χ3v) is 1.87. The molecule has 0 radical (unpaired) electrons. The number of hydrogen-bond donors (Lipinski definition) is 2. The van der Waals surface area contributed by atoms with Crippen LogP contribution in [0, 0.1) is 0 Å². The highest BCUT2D eigenvalue weighted by atomic mass is 16.5. The Morgan fingerprint density at radius 3 is 2.93 bits per heavy atom. The van der Waals surface area contributed by atoms with E-state index in [1.807, 2.05) is 19.0 Å². The summed E-state index contributed by atoms with van der Waals surface area (Å²) in [5.74, 6) is 0.694. The summed E-state index contributed by atoms with van der Waals surface area (Å²) in [5, 5.41) is 3.04. The number of ether oxygens (including phenoxy) is 1. The lowest BCUT2D eigenvalue weighted by atomic mass is 10.5. The maximum absolute atomic E-state index is 11.3. The van der Waals surface area contributed by atoms with Gasteiger partial charge in [0.25, 0.3) is 5.56 Å². The van der Waals surface area contributed by atoms with E-state index < -0.39 is 0 Å². The monoisotopic (exact) mass is 212 g/mol. The first-order valence-corrected chi connectivity index (χ1v) is 4.65. The molecular weight excluding hydrogens is 196 g/mol. The number of H-pyrrole nitrogens is 1. The Hall–Kier alpha value is -1.56. The van der Waals surface area contributed by atoms with Crippen molar-refractivity contribution in [3.63, 3.8) is 0 Å². The number of anilines is 1. The van der Waals surface area contributed by atoms with Crippen molar-refractivity contribution in [3.05, 3.63) is 16.7 Å². The Morgan fingerprint density at radius 2 is 2.33 bits per heavy atom. The van der Waals surface area contributed by atoms with Crippen LogP contribution in [0.5, 0.6) is 5.75 Å². The Kier molecular flexibility index (Phi) is 4.11. The minimum Gasteiger partial charge on any atom is -0.489 e. The van der Waals surface area contributed by atoms with E-state index in [-0.39, 0.29) is 11.3 Å². The van der Waals surface area contributed by atoms with Gasteiger partial charge in [0.05, 0.1) is 13.4 Å². The van der Waals surface area contributed by atoms with Crippen LogP contribution in [0.3, 0.4) is 0 Å². The van der Waals surface area contributed by atoms with Gasteiger partial charge in [-0.15, -0.1) is 0 Å². The van der Waals surface area contributed by atoms with Gasteiger partial charge in [-0.2, -0.15) is 0 Å². The quantitative estimate of drug-likeness (QED) is 0.704. The van der Waals surface area contributed by atoms with E-state index in [2.05, 4.69) is 15.3 Å². The van der Waals surface area contributed by atoms with E-state index in [1.165, 1.54) is 13.4 Å². The van der Waals surface area contributed by atoms with Crippen LogP contribution >= 0.6 is 0 Å². The van der Waals surface area contributed by atoms with Crippen molar-refractivity contribution in [2.24, 2.45) is 0 Å². The highest BCUT2D eigenvalue weighted by molar-refractivity contribution is 5.47. The van der Waals surface area contributed by atoms with Crippen LogP contribution in [0.1, 0.15) is 0 Å². The van der Waals surface area contributed by atoms with Gasteiger partial charge in [-0.05, 0) is 14.1 Å². The second-order valence-corrected chi connectivity index (χ2v) is 3.34. The van der Waals surface area contributed by atoms with Crippen molar-refractivity contribution < 1.29 is 4.74 Å². The molecule has 0 spiro atoms. The van der Waals surface area contributed by atoms with Gasteiger partial charge < -0.3 is 19.9 Å². The molecule has 0 bridgehead atoms. The zero-order valence-corrected chi connectivity index (χ0v) is 9.20. The topological polar surface area (TPSA) is 70.2 Å². The second-order valence-electron chi connectivity index (χ2n) is 3.34. The first-order chi connectivity index (χ1) is 7.15. The van der Waals surface area contributed by atoms with Crippen LogP contribution in [-0.2, 0) is 0 Å². The van der Waals surface area contributed by atoms with Gasteiger partial charge >= 0.3 is 0 Å². The fourth-order valence-corrected chi connectivity index (χ4v) is 1.10. The highest BCUT2D eigenvalue weighted by Crippen LogP contribution is 2.13. The van der Waals surface area contributed by atoms with Crippen LogP contribution in [0.4, 0.5) is 5.82 Å². The number of hydrogen-bond acceptors (Lipinski definition) is 5. The second kappa shape index (κ2) is 5.35. The molecule has 0 fully saturated rings. The summed E-state index contributed by atoms with van der Waals surface area (Å²) >= 11 is 0. The Morgan fingerprint density at radius 1 is 1.60 bits per heavy atom. The number of methoxy groups -OCH3 is 1. The lowest BCUT2D eigenvalue weighted by Gasteiger charge is -2.11. The van der Waals surface area contributed by atoms with Gasteiger partial charge in [-0.3, -0.25) is 4.79 Å². The van der Waals surface area contributed by atoms with E-state index >= 15 is 0 Å². The summed E-state index contributed by atoms with van der Waals surface area (Å²) in [6, 6.07) is 0. The SMILES string of the molecule is COc1c(NCCN(C)C)nc[nH]c1=O. The molecule has 0 amide bonds. The molecule has 1 aromatic rings. The Balaban J connectivity index is 2.68. The lowest BCUT2D eigenvalue weighted by molar-refractivity contribution is 0.405. The molecule has 15 heavy (non-hydrogen) atoms. The summed E-state index contributed by atoms with van der Waals surface area (Å²) in [5.41, 5.74) is -0.278. The number of rotatable bonds is 5. The summed E-state index contributed by atoms with van der Waals surface area (Å²) in [7, 11) is 5.40. The molecule has 2 N–H and O–H groups in total. The molecule has 0 saturated heterocycles. The smallest absolute Gasteiger partial charge is 0.295 e. The molecule has 1 rings (SSSR count). The zero-order valence-electron chi connectivity index (χ0n) is 9.20. The molecule has 0 atom stereocenters. The first kappa shape index (κ1) is 11.5. The Labute approximate surface area is 88.3 Å². The minimum absolute atomic E-state index is 0.219. The van der Waals surface area contributed by atoms with E-state index in [0.29, 0.717) is 12.4 Å². The summed E-state index contributed by atoms with van der Waals surface area (Å²) in [4.78, 5) is 19.8. The van der Waals surface area contributed by atoms with Crippen molar-refractivity contribution in [3.8, 4) is 5.75 Å². The fraction of sp³-hybridized carbons (Fsp3) is 0.556. The number of aromatic amines is 1. The largest absolute Gasteiger partial charge is 0.489 e. The van der Waals surface area contributed by atoms with Crippen molar-refractivity contribution >= 4 is 5.82 Å². The van der Waals surface area contributed by atoms with E-state index in [4.69, 9.17) is 4.74 Å². The third kappa shape index (κ3) is 3.25. The van der Waals surface area contributed by atoms with E-state index in [9.17, 15) is 4.79 Å². The van der Waals surface area contributed by atoms with Crippen LogP contribution in [0.2, 0.25) is 0 Å². The molecule has 0 aliphatic heterocycles. The average molecular weight is 212 g/mol. The van der Waals surface area contributed by atoms with Crippen LogP contribution in [-0.4, -0.2) is 49.2 Å². The minimum atomic E-state index is -0.278. The lowest BCUT2D eigenvalue weighted by Crippen LogP contribution is -2.22. The van der Waals surface area contributed by atoms with Gasteiger partial charge in [-0.1, -0.05) is 0 Å².